The van der Waals surface area contributed by atoms with Gasteiger partial charge in [0, 0.05) is 56.0 Å². The molecule has 37 heavy (non-hydrogen) atoms. The zero-order valence-electron chi connectivity index (χ0n) is 21.8. The Kier molecular flexibility index (Phi) is 7.75. The molecule has 1 aromatic heterocycles. The number of rotatable bonds is 7. The molecule has 0 saturated carbocycles. The van der Waals surface area contributed by atoms with Gasteiger partial charge >= 0.3 is 5.97 Å². The highest BCUT2D eigenvalue weighted by Crippen LogP contribution is 2.29. The highest BCUT2D eigenvalue weighted by molar-refractivity contribution is 6.43. The summed E-state index contributed by atoms with van der Waals surface area (Å²) in [6.07, 6.45) is 1.56. The topological polar surface area (TPSA) is 81.1 Å². The quantitative estimate of drug-likeness (QED) is 0.274. The maximum Gasteiger partial charge on any atom is 0.379 e. The van der Waals surface area contributed by atoms with E-state index in [4.69, 9.17) is 4.74 Å². The van der Waals surface area contributed by atoms with E-state index in [0.29, 0.717) is 36.1 Å². The van der Waals surface area contributed by atoms with Crippen molar-refractivity contribution in [2.45, 2.75) is 46.1 Å². The van der Waals surface area contributed by atoms with Crippen molar-refractivity contribution >= 4 is 28.6 Å². The number of piperazine rings is 1. The summed E-state index contributed by atoms with van der Waals surface area (Å²) in [6.45, 7) is 7.99. The lowest BCUT2D eigenvalue weighted by atomic mass is 9.99. The molecule has 2 aromatic carbocycles. The number of nitrogens with zero attached hydrogens (tertiary/aromatic N) is 3. The summed E-state index contributed by atoms with van der Waals surface area (Å²) in [6, 6.07) is 10.0. The van der Waals surface area contributed by atoms with E-state index in [9.17, 15) is 18.8 Å². The standard InChI is InChI=1S/C28H32FN3O5/c1-17-10-25-23(24(15-31(25)16-36-4)26(33)28(35)37-5)11-22(17)27(34)32-13-18(2)30(12-19(32)3)14-20-6-8-21(29)9-7-20/h6-11,15,18-19H,12-14,16H2,1-5H3/t18-,19+/m0/s1. The van der Waals surface area contributed by atoms with Crippen LogP contribution in [-0.4, -0.2) is 71.4 Å². The van der Waals surface area contributed by atoms with E-state index in [1.165, 1.54) is 19.2 Å². The van der Waals surface area contributed by atoms with Crippen LogP contribution in [0.3, 0.4) is 0 Å². The SMILES string of the molecule is COCn1cc(C(=O)C(=O)OC)c2cc(C(=O)N3C[C@H](C)N(Cc4ccc(F)cc4)C[C@H]3C)c(C)cc21. The van der Waals surface area contributed by atoms with Crippen LogP contribution in [0.25, 0.3) is 10.9 Å². The number of aryl methyl sites for hydroxylation is 1. The molecule has 1 amide bonds. The smallest absolute Gasteiger partial charge is 0.379 e. The first-order valence-electron chi connectivity index (χ1n) is 12.2. The number of carbonyl (C=O) groups excluding carboxylic acids is 3. The minimum absolute atomic E-state index is 0.0616. The van der Waals surface area contributed by atoms with Crippen LogP contribution < -0.4 is 0 Å². The number of esters is 1. The van der Waals surface area contributed by atoms with E-state index in [1.807, 2.05) is 24.8 Å². The Morgan fingerprint density at radius 3 is 2.35 bits per heavy atom. The first kappa shape index (κ1) is 26.5. The van der Waals surface area contributed by atoms with Crippen LogP contribution in [0.5, 0.6) is 0 Å². The maximum atomic E-state index is 13.8. The van der Waals surface area contributed by atoms with Gasteiger partial charge in [-0.1, -0.05) is 12.1 Å². The summed E-state index contributed by atoms with van der Waals surface area (Å²) in [5, 5.41) is 0.497. The number of benzene rings is 2. The van der Waals surface area contributed by atoms with Gasteiger partial charge in [-0.25, -0.2) is 9.18 Å². The minimum Gasteiger partial charge on any atom is -0.463 e. The van der Waals surface area contributed by atoms with Crippen molar-refractivity contribution in [2.75, 3.05) is 27.3 Å². The van der Waals surface area contributed by atoms with E-state index >= 15 is 0 Å². The molecule has 9 heteroatoms. The Hall–Kier alpha value is -3.56. The monoisotopic (exact) mass is 509 g/mol. The molecule has 1 saturated heterocycles. The van der Waals surface area contributed by atoms with Gasteiger partial charge in [0.05, 0.1) is 18.2 Å². The summed E-state index contributed by atoms with van der Waals surface area (Å²) in [4.78, 5) is 42.7. The molecule has 0 N–H and O–H groups in total. The highest BCUT2D eigenvalue weighted by Gasteiger charge is 2.33. The number of hydrogen-bond donors (Lipinski definition) is 0. The average Bonchev–Trinajstić information content (AvgIpc) is 3.22. The fourth-order valence-electron chi connectivity index (χ4n) is 4.98. The van der Waals surface area contributed by atoms with Crippen molar-refractivity contribution in [2.24, 2.45) is 0 Å². The number of carbonyl (C=O) groups is 3. The number of ketones is 1. The molecule has 2 heterocycles. The third kappa shape index (κ3) is 5.28. The summed E-state index contributed by atoms with van der Waals surface area (Å²) >= 11 is 0. The zero-order valence-corrected chi connectivity index (χ0v) is 21.8. The second kappa shape index (κ2) is 10.8. The molecule has 196 valence electrons. The van der Waals surface area contributed by atoms with Gasteiger partial charge in [-0.2, -0.15) is 0 Å². The molecule has 1 aliphatic heterocycles. The molecule has 3 aromatic rings. The summed E-state index contributed by atoms with van der Waals surface area (Å²) in [5.74, 6) is -2.14. The van der Waals surface area contributed by atoms with Crippen LogP contribution >= 0.6 is 0 Å². The number of hydrogen-bond acceptors (Lipinski definition) is 6. The van der Waals surface area contributed by atoms with Crippen molar-refractivity contribution in [1.29, 1.82) is 0 Å². The Labute approximate surface area is 215 Å². The van der Waals surface area contributed by atoms with E-state index < -0.39 is 11.8 Å². The lowest BCUT2D eigenvalue weighted by molar-refractivity contribution is -0.135. The van der Waals surface area contributed by atoms with Gasteiger partial charge in [0.15, 0.2) is 0 Å². The van der Waals surface area contributed by atoms with Crippen molar-refractivity contribution in [3.05, 3.63) is 70.7 Å². The second-order valence-electron chi connectivity index (χ2n) is 9.65. The largest absolute Gasteiger partial charge is 0.463 e. The highest BCUT2D eigenvalue weighted by atomic mass is 19.1. The minimum atomic E-state index is -0.968. The Morgan fingerprint density at radius 1 is 1.00 bits per heavy atom. The number of methoxy groups -OCH3 is 2. The van der Waals surface area contributed by atoms with Gasteiger partial charge < -0.3 is 18.9 Å². The van der Waals surface area contributed by atoms with Crippen LogP contribution in [0.15, 0.2) is 42.6 Å². The predicted octanol–water partition coefficient (Wildman–Crippen LogP) is 3.78. The molecule has 0 unspecified atom stereocenters. The first-order chi connectivity index (χ1) is 17.6. The van der Waals surface area contributed by atoms with Crippen LogP contribution in [0, 0.1) is 12.7 Å². The lowest BCUT2D eigenvalue weighted by Crippen LogP contribution is -2.57. The van der Waals surface area contributed by atoms with Gasteiger partial charge in [-0.15, -0.1) is 0 Å². The number of Topliss-reactive ketones (excluding diaryl/α,β-unsaturated/α-hetero) is 1. The molecule has 8 nitrogen and oxygen atoms in total. The van der Waals surface area contributed by atoms with Crippen molar-refractivity contribution in [1.82, 2.24) is 14.4 Å². The van der Waals surface area contributed by atoms with Crippen molar-refractivity contribution in [3.8, 4) is 0 Å². The van der Waals surface area contributed by atoms with Crippen molar-refractivity contribution in [3.63, 3.8) is 0 Å². The average molecular weight is 510 g/mol. The number of amides is 1. The third-order valence-corrected chi connectivity index (χ3v) is 7.02. The van der Waals surface area contributed by atoms with Crippen LogP contribution in [0.1, 0.15) is 45.7 Å². The normalized spacial score (nSPS) is 18.3. The molecular weight excluding hydrogens is 477 g/mol. The van der Waals surface area contributed by atoms with Gasteiger partial charge in [0.25, 0.3) is 11.7 Å². The van der Waals surface area contributed by atoms with E-state index in [0.717, 1.165) is 18.2 Å². The van der Waals surface area contributed by atoms with Crippen LogP contribution in [-0.2, 0) is 27.5 Å². The van der Waals surface area contributed by atoms with Crippen LogP contribution in [0.2, 0.25) is 0 Å². The number of aromatic nitrogens is 1. The fourth-order valence-corrected chi connectivity index (χ4v) is 4.98. The maximum absolute atomic E-state index is 13.8. The summed E-state index contributed by atoms with van der Waals surface area (Å²) < 4.78 is 24.9. The Morgan fingerprint density at radius 2 is 1.70 bits per heavy atom. The van der Waals surface area contributed by atoms with Gasteiger partial charge in [0.1, 0.15) is 12.5 Å². The first-order valence-corrected chi connectivity index (χ1v) is 12.2. The lowest BCUT2D eigenvalue weighted by Gasteiger charge is -2.44. The Bertz CT molecular complexity index is 1330. The summed E-state index contributed by atoms with van der Waals surface area (Å²) in [7, 11) is 2.70. The number of halogens is 1. The third-order valence-electron chi connectivity index (χ3n) is 7.02. The zero-order chi connectivity index (χ0) is 26.9. The van der Waals surface area contributed by atoms with E-state index in [1.54, 1.807) is 29.0 Å². The number of ether oxygens (including phenoxy) is 2. The molecule has 2 atom stereocenters. The Balaban J connectivity index is 1.63. The molecule has 0 spiro atoms. The van der Waals surface area contributed by atoms with E-state index in [2.05, 4.69) is 16.6 Å². The van der Waals surface area contributed by atoms with Crippen molar-refractivity contribution < 1.29 is 28.2 Å². The predicted molar refractivity (Wildman–Crippen MR) is 137 cm³/mol. The number of fused-ring (bicyclic) bond motifs is 1. The molecule has 1 fully saturated rings. The molecule has 4 rings (SSSR count). The molecule has 0 aliphatic carbocycles. The molecule has 1 aliphatic rings. The second-order valence-corrected chi connectivity index (χ2v) is 9.65. The van der Waals surface area contributed by atoms with E-state index in [-0.39, 0.29) is 36.1 Å². The summed E-state index contributed by atoms with van der Waals surface area (Å²) in [5.41, 5.74) is 3.11. The van der Waals surface area contributed by atoms with Gasteiger partial charge in [0.2, 0.25) is 0 Å². The van der Waals surface area contributed by atoms with Gasteiger partial charge in [-0.05, 0) is 56.2 Å². The molecular formula is C28H32FN3O5. The molecule has 0 bridgehead atoms. The van der Waals surface area contributed by atoms with Gasteiger partial charge in [-0.3, -0.25) is 14.5 Å². The molecule has 0 radical (unpaired) electrons. The van der Waals surface area contributed by atoms with Crippen LogP contribution in [0.4, 0.5) is 4.39 Å². The fraction of sp³-hybridized carbons (Fsp3) is 0.393.